The lowest BCUT2D eigenvalue weighted by Gasteiger charge is -2.07. The average Bonchev–Trinajstić information content (AvgIpc) is 3.36. The predicted octanol–water partition coefficient (Wildman–Crippen LogP) is 2.51. The van der Waals surface area contributed by atoms with Gasteiger partial charge < -0.3 is 4.74 Å². The van der Waals surface area contributed by atoms with Crippen LogP contribution in [-0.4, -0.2) is 39.1 Å². The molecule has 0 radical (unpaired) electrons. The molecule has 0 saturated heterocycles. The number of imide groups is 1. The second kappa shape index (κ2) is 7.04. The molecule has 1 aliphatic carbocycles. The number of rotatable bonds is 5. The Labute approximate surface area is 143 Å². The molecule has 1 aromatic carbocycles. The Morgan fingerprint density at radius 2 is 2.04 bits per heavy atom. The molecule has 1 aliphatic rings. The van der Waals surface area contributed by atoms with Crippen LogP contribution in [0.5, 0.6) is 0 Å². The van der Waals surface area contributed by atoms with Crippen LogP contribution in [0.4, 0.5) is 4.79 Å². The number of hydrogen-bond acceptors (Lipinski definition) is 6. The average molecular weight is 346 g/mol. The first-order valence-electron chi connectivity index (χ1n) is 7.66. The zero-order valence-electron chi connectivity index (χ0n) is 13.4. The summed E-state index contributed by atoms with van der Waals surface area (Å²) in [5, 5.41) is 6.70. The summed E-state index contributed by atoms with van der Waals surface area (Å²) in [6.07, 6.45) is 1.44. The fourth-order valence-electron chi connectivity index (χ4n) is 2.18. The quantitative estimate of drug-likeness (QED) is 0.837. The van der Waals surface area contributed by atoms with E-state index in [-0.39, 0.29) is 0 Å². The van der Waals surface area contributed by atoms with E-state index in [9.17, 15) is 9.59 Å². The number of ether oxygens (including phenoxy) is 1. The van der Waals surface area contributed by atoms with Gasteiger partial charge in [0.25, 0.3) is 0 Å². The van der Waals surface area contributed by atoms with Crippen LogP contribution < -0.4 is 5.32 Å². The van der Waals surface area contributed by atoms with Gasteiger partial charge in [0.1, 0.15) is 5.82 Å². The summed E-state index contributed by atoms with van der Waals surface area (Å²) in [4.78, 5) is 27.6. The topological polar surface area (TPSA) is 86.1 Å². The van der Waals surface area contributed by atoms with E-state index in [1.54, 1.807) is 6.92 Å². The highest BCUT2D eigenvalue weighted by Crippen LogP contribution is 2.40. The normalized spacial score (nSPS) is 14.9. The van der Waals surface area contributed by atoms with Crippen molar-refractivity contribution in [2.45, 2.75) is 36.1 Å². The zero-order chi connectivity index (χ0) is 17.1. The van der Waals surface area contributed by atoms with Crippen molar-refractivity contribution in [3.05, 3.63) is 36.2 Å². The minimum Gasteiger partial charge on any atom is -0.453 e. The fraction of sp³-hybridized carbons (Fsp3) is 0.375. The van der Waals surface area contributed by atoms with Gasteiger partial charge in [-0.1, -0.05) is 30.0 Å². The van der Waals surface area contributed by atoms with Gasteiger partial charge >= 0.3 is 6.09 Å². The molecule has 2 amide bonds. The molecular formula is C16H18N4O3S. The summed E-state index contributed by atoms with van der Waals surface area (Å²) < 4.78 is 6.26. The number of carbonyl (C=O) groups is 2. The summed E-state index contributed by atoms with van der Waals surface area (Å²) in [5.41, 5.74) is 0.949. The van der Waals surface area contributed by atoms with Crippen LogP contribution in [0.15, 0.2) is 35.5 Å². The lowest BCUT2D eigenvalue weighted by Crippen LogP contribution is -2.35. The number of aromatic nitrogens is 3. The van der Waals surface area contributed by atoms with E-state index < -0.39 is 17.3 Å². The van der Waals surface area contributed by atoms with E-state index in [0.29, 0.717) is 11.1 Å². The first kappa shape index (κ1) is 16.5. The maximum absolute atomic E-state index is 11.9. The van der Waals surface area contributed by atoms with Crippen molar-refractivity contribution < 1.29 is 14.3 Å². The number of alkyl carbamates (subject to hydrolysis) is 1. The summed E-state index contributed by atoms with van der Waals surface area (Å²) in [5.74, 6) is 0.909. The molecule has 1 aromatic heterocycles. The number of thioether (sulfide) groups is 1. The van der Waals surface area contributed by atoms with Gasteiger partial charge in [0.15, 0.2) is 0 Å². The largest absolute Gasteiger partial charge is 0.453 e. The molecule has 126 valence electrons. The highest BCUT2D eigenvalue weighted by molar-refractivity contribution is 8.00. The highest BCUT2D eigenvalue weighted by atomic mass is 32.2. The van der Waals surface area contributed by atoms with Crippen molar-refractivity contribution in [1.82, 2.24) is 20.1 Å². The van der Waals surface area contributed by atoms with Gasteiger partial charge in [0.2, 0.25) is 11.1 Å². The Balaban J connectivity index is 1.77. The minimum atomic E-state index is -0.770. The first-order chi connectivity index (χ1) is 11.6. The third-order valence-electron chi connectivity index (χ3n) is 3.62. The zero-order valence-corrected chi connectivity index (χ0v) is 14.2. The summed E-state index contributed by atoms with van der Waals surface area (Å²) in [7, 11) is 1.21. The van der Waals surface area contributed by atoms with Crippen LogP contribution in [0, 0.1) is 0 Å². The molecule has 3 rings (SSSR count). The molecule has 0 bridgehead atoms. The van der Waals surface area contributed by atoms with Gasteiger partial charge in [0, 0.05) is 5.92 Å². The monoisotopic (exact) mass is 346 g/mol. The Morgan fingerprint density at radius 1 is 1.33 bits per heavy atom. The summed E-state index contributed by atoms with van der Waals surface area (Å²) in [6, 6.07) is 9.80. The number of hydrogen-bond donors (Lipinski definition) is 1. The van der Waals surface area contributed by atoms with Crippen molar-refractivity contribution >= 4 is 23.8 Å². The van der Waals surface area contributed by atoms with Gasteiger partial charge in [-0.2, -0.15) is 0 Å². The molecule has 0 spiro atoms. The molecule has 1 fully saturated rings. The second-order valence-corrected chi connectivity index (χ2v) is 6.82. The van der Waals surface area contributed by atoms with E-state index >= 15 is 0 Å². The lowest BCUT2D eigenvalue weighted by atomic mass is 10.3. The van der Waals surface area contributed by atoms with Crippen molar-refractivity contribution in [1.29, 1.82) is 0 Å². The molecule has 1 saturated carbocycles. The van der Waals surface area contributed by atoms with Gasteiger partial charge in [-0.15, -0.1) is 5.10 Å². The summed E-state index contributed by atoms with van der Waals surface area (Å²) in [6.45, 7) is 1.70. The maximum Gasteiger partial charge on any atom is 0.413 e. The highest BCUT2D eigenvalue weighted by Gasteiger charge is 2.31. The lowest BCUT2D eigenvalue weighted by molar-refractivity contribution is -0.119. The standard InChI is InChI=1S/C16H18N4O3S/c1-10(14(21)18-16(22)23-2)24-15-17-13(11-8-9-11)20(19-15)12-6-4-3-5-7-12/h3-7,10-11H,8-9H2,1-2H3,(H,18,21,22)/t10-/m1/s1. The number of carbonyl (C=O) groups excluding carboxylic acids is 2. The van der Waals surface area contributed by atoms with Crippen molar-refractivity contribution in [2.75, 3.05) is 7.11 Å². The molecule has 2 aromatic rings. The van der Waals surface area contributed by atoms with E-state index in [0.717, 1.165) is 24.4 Å². The fourth-order valence-corrected chi connectivity index (χ4v) is 2.94. The third kappa shape index (κ3) is 3.76. The minimum absolute atomic E-state index is 0.422. The molecular weight excluding hydrogens is 328 g/mol. The van der Waals surface area contributed by atoms with Crippen molar-refractivity contribution in [3.63, 3.8) is 0 Å². The van der Waals surface area contributed by atoms with Gasteiger partial charge in [-0.05, 0) is 31.9 Å². The number of methoxy groups -OCH3 is 1. The van der Waals surface area contributed by atoms with E-state index in [1.807, 2.05) is 35.0 Å². The maximum atomic E-state index is 11.9. The number of para-hydroxylation sites is 1. The van der Waals surface area contributed by atoms with E-state index in [1.165, 1.54) is 18.9 Å². The van der Waals surface area contributed by atoms with Crippen LogP contribution in [0.25, 0.3) is 5.69 Å². The van der Waals surface area contributed by atoms with Gasteiger partial charge in [0.05, 0.1) is 18.0 Å². The van der Waals surface area contributed by atoms with Crippen LogP contribution in [-0.2, 0) is 9.53 Å². The van der Waals surface area contributed by atoms with E-state index in [4.69, 9.17) is 0 Å². The molecule has 1 atom stereocenters. The Morgan fingerprint density at radius 3 is 2.67 bits per heavy atom. The van der Waals surface area contributed by atoms with Crippen molar-refractivity contribution in [2.24, 2.45) is 0 Å². The van der Waals surface area contributed by atoms with Gasteiger partial charge in [-0.3, -0.25) is 10.1 Å². The Bertz CT molecular complexity index is 743. The van der Waals surface area contributed by atoms with Crippen LogP contribution in [0.1, 0.15) is 31.5 Å². The Hall–Kier alpha value is -2.35. The van der Waals surface area contributed by atoms with Gasteiger partial charge in [-0.25, -0.2) is 14.5 Å². The third-order valence-corrected chi connectivity index (χ3v) is 4.57. The van der Waals surface area contributed by atoms with Crippen LogP contribution in [0.3, 0.4) is 0 Å². The number of amides is 2. The number of nitrogens with zero attached hydrogens (tertiary/aromatic N) is 3. The SMILES string of the molecule is COC(=O)NC(=O)[C@@H](C)Sc1nc(C2CC2)n(-c2ccccc2)n1. The van der Waals surface area contributed by atoms with E-state index in [2.05, 4.69) is 20.1 Å². The van der Waals surface area contributed by atoms with Crippen LogP contribution >= 0.6 is 11.8 Å². The first-order valence-corrected chi connectivity index (χ1v) is 8.54. The van der Waals surface area contributed by atoms with Crippen LogP contribution in [0.2, 0.25) is 0 Å². The predicted molar refractivity (Wildman–Crippen MR) is 89.2 cm³/mol. The smallest absolute Gasteiger partial charge is 0.413 e. The molecule has 7 nitrogen and oxygen atoms in total. The molecule has 24 heavy (non-hydrogen) atoms. The Kier molecular flexibility index (Phi) is 4.84. The molecule has 1 heterocycles. The molecule has 1 N–H and O–H groups in total. The second-order valence-electron chi connectivity index (χ2n) is 5.52. The molecule has 0 aliphatic heterocycles. The summed E-state index contributed by atoms with van der Waals surface area (Å²) >= 11 is 1.22. The molecule has 0 unspecified atom stereocenters. The number of nitrogens with one attached hydrogen (secondary N) is 1. The number of benzene rings is 1. The van der Waals surface area contributed by atoms with Crippen molar-refractivity contribution in [3.8, 4) is 5.69 Å². The molecule has 8 heteroatoms.